The molecule has 6 nitrogen and oxygen atoms in total. The highest BCUT2D eigenvalue weighted by atomic mass is 16.5. The van der Waals surface area contributed by atoms with E-state index in [0.717, 1.165) is 42.7 Å². The lowest BCUT2D eigenvalue weighted by molar-refractivity contribution is 0.298. The van der Waals surface area contributed by atoms with Crippen molar-refractivity contribution >= 4 is 16.7 Å². The maximum Gasteiger partial charge on any atom is 0.162 e. The molecule has 1 atom stereocenters. The molecule has 0 amide bonds. The van der Waals surface area contributed by atoms with Gasteiger partial charge in [-0.25, -0.2) is 9.97 Å². The Labute approximate surface area is 194 Å². The van der Waals surface area contributed by atoms with E-state index in [0.29, 0.717) is 24.0 Å². The van der Waals surface area contributed by atoms with Crippen LogP contribution in [0.3, 0.4) is 0 Å². The smallest absolute Gasteiger partial charge is 0.162 e. The van der Waals surface area contributed by atoms with Crippen LogP contribution < -0.4 is 14.4 Å². The summed E-state index contributed by atoms with van der Waals surface area (Å²) in [5, 5.41) is 0.992. The first-order chi connectivity index (χ1) is 16.3. The van der Waals surface area contributed by atoms with Gasteiger partial charge in [0.25, 0.3) is 0 Å². The standard InChI is InChI=1S/C27H28N4O2/c1-32-25-17-24-23(16-26(25)33-15-11-20-9-12-28-13-10-20)27(30-19-29-24)31-14-5-8-22(18-31)21-6-3-2-4-7-21/h2-4,6-7,9-10,12-13,16-17,19,22H,5,8,11,14-15,18H2,1H3. The molecule has 0 saturated carbocycles. The monoisotopic (exact) mass is 440 g/mol. The second kappa shape index (κ2) is 9.86. The highest BCUT2D eigenvalue weighted by Gasteiger charge is 2.24. The van der Waals surface area contributed by atoms with Crippen molar-refractivity contribution in [1.82, 2.24) is 15.0 Å². The van der Waals surface area contributed by atoms with Crippen LogP contribution in [-0.2, 0) is 6.42 Å². The fraction of sp³-hybridized carbons (Fsp3) is 0.296. The van der Waals surface area contributed by atoms with Crippen molar-refractivity contribution in [3.63, 3.8) is 0 Å². The van der Waals surface area contributed by atoms with Gasteiger partial charge in [0.05, 0.1) is 19.2 Å². The molecule has 5 rings (SSSR count). The Morgan fingerprint density at radius 2 is 1.85 bits per heavy atom. The van der Waals surface area contributed by atoms with Crippen LogP contribution >= 0.6 is 0 Å². The van der Waals surface area contributed by atoms with Crippen LogP contribution in [0.2, 0.25) is 0 Å². The van der Waals surface area contributed by atoms with Crippen molar-refractivity contribution in [2.75, 3.05) is 31.7 Å². The van der Waals surface area contributed by atoms with Crippen LogP contribution in [0.15, 0.2) is 73.3 Å². The molecule has 0 spiro atoms. The fourth-order valence-corrected chi connectivity index (χ4v) is 4.57. The molecule has 1 aliphatic heterocycles. The number of hydrogen-bond acceptors (Lipinski definition) is 6. The Kier molecular flexibility index (Phi) is 6.33. The molecule has 0 aliphatic carbocycles. The molecular formula is C27H28N4O2. The minimum atomic E-state index is 0.499. The van der Waals surface area contributed by atoms with Crippen LogP contribution in [0.5, 0.6) is 11.5 Å². The van der Waals surface area contributed by atoms with Crippen molar-refractivity contribution in [1.29, 1.82) is 0 Å². The summed E-state index contributed by atoms with van der Waals surface area (Å²) >= 11 is 0. The van der Waals surface area contributed by atoms with Gasteiger partial charge in [-0.1, -0.05) is 30.3 Å². The van der Waals surface area contributed by atoms with E-state index < -0.39 is 0 Å². The van der Waals surface area contributed by atoms with E-state index in [1.165, 1.54) is 17.5 Å². The Hall–Kier alpha value is -3.67. The fourth-order valence-electron chi connectivity index (χ4n) is 4.57. The molecule has 0 radical (unpaired) electrons. The number of hydrogen-bond donors (Lipinski definition) is 0. The molecule has 168 valence electrons. The molecule has 6 heteroatoms. The van der Waals surface area contributed by atoms with Crippen LogP contribution in [0.25, 0.3) is 10.9 Å². The molecule has 3 heterocycles. The van der Waals surface area contributed by atoms with E-state index in [4.69, 9.17) is 14.5 Å². The molecule has 1 saturated heterocycles. The van der Waals surface area contributed by atoms with Gasteiger partial charge in [-0.2, -0.15) is 0 Å². The van der Waals surface area contributed by atoms with Gasteiger partial charge < -0.3 is 14.4 Å². The van der Waals surface area contributed by atoms with Gasteiger partial charge in [0.2, 0.25) is 0 Å². The molecule has 0 N–H and O–H groups in total. The van der Waals surface area contributed by atoms with Crippen molar-refractivity contribution in [3.05, 3.63) is 84.4 Å². The molecule has 1 unspecified atom stereocenters. The van der Waals surface area contributed by atoms with Crippen molar-refractivity contribution in [3.8, 4) is 11.5 Å². The van der Waals surface area contributed by atoms with E-state index in [-0.39, 0.29) is 0 Å². The number of fused-ring (bicyclic) bond motifs is 1. The molecule has 1 aliphatic rings. The number of piperidine rings is 1. The predicted molar refractivity (Wildman–Crippen MR) is 130 cm³/mol. The lowest BCUT2D eigenvalue weighted by atomic mass is 9.90. The van der Waals surface area contributed by atoms with E-state index in [9.17, 15) is 0 Å². The predicted octanol–water partition coefficient (Wildman–Crippen LogP) is 5.04. The third kappa shape index (κ3) is 4.75. The van der Waals surface area contributed by atoms with Crippen LogP contribution in [0.4, 0.5) is 5.82 Å². The number of ether oxygens (including phenoxy) is 2. The zero-order valence-corrected chi connectivity index (χ0v) is 18.9. The summed E-state index contributed by atoms with van der Waals surface area (Å²) in [6, 6.07) is 18.8. The lowest BCUT2D eigenvalue weighted by Gasteiger charge is -2.34. The molecule has 1 fully saturated rings. The number of rotatable bonds is 7. The second-order valence-corrected chi connectivity index (χ2v) is 8.37. The Balaban J connectivity index is 1.41. The normalized spacial score (nSPS) is 16.0. The highest BCUT2D eigenvalue weighted by Crippen LogP contribution is 2.37. The summed E-state index contributed by atoms with van der Waals surface area (Å²) < 4.78 is 11.8. The van der Waals surface area contributed by atoms with Crippen LogP contribution in [0.1, 0.15) is 29.9 Å². The minimum absolute atomic E-state index is 0.499. The minimum Gasteiger partial charge on any atom is -0.493 e. The summed E-state index contributed by atoms with van der Waals surface area (Å²) in [6.45, 7) is 2.48. The third-order valence-corrected chi connectivity index (χ3v) is 6.29. The maximum absolute atomic E-state index is 6.15. The molecular weight excluding hydrogens is 412 g/mol. The number of benzene rings is 2. The Morgan fingerprint density at radius 1 is 1.00 bits per heavy atom. The van der Waals surface area contributed by atoms with Crippen LogP contribution in [0, 0.1) is 0 Å². The average Bonchev–Trinajstić information content (AvgIpc) is 2.89. The molecule has 0 bridgehead atoms. The number of aromatic nitrogens is 3. The van der Waals surface area contributed by atoms with Gasteiger partial charge in [0, 0.05) is 49.3 Å². The Morgan fingerprint density at radius 3 is 2.67 bits per heavy atom. The van der Waals surface area contributed by atoms with E-state index in [1.54, 1.807) is 25.8 Å². The first kappa shape index (κ1) is 21.2. The quantitative estimate of drug-likeness (QED) is 0.401. The summed E-state index contributed by atoms with van der Waals surface area (Å²) in [5.41, 5.74) is 3.44. The van der Waals surface area contributed by atoms with Crippen LogP contribution in [-0.4, -0.2) is 41.8 Å². The third-order valence-electron chi connectivity index (χ3n) is 6.29. The molecule has 2 aromatic heterocycles. The SMILES string of the molecule is COc1cc2ncnc(N3CCCC(c4ccccc4)C3)c2cc1OCCc1ccncc1. The van der Waals surface area contributed by atoms with Crippen molar-refractivity contribution in [2.45, 2.75) is 25.2 Å². The molecule has 4 aromatic rings. The first-order valence-electron chi connectivity index (χ1n) is 11.5. The number of anilines is 1. The number of nitrogens with zero attached hydrogens (tertiary/aromatic N) is 4. The van der Waals surface area contributed by atoms with E-state index >= 15 is 0 Å². The van der Waals surface area contributed by atoms with Crippen molar-refractivity contribution in [2.24, 2.45) is 0 Å². The summed E-state index contributed by atoms with van der Waals surface area (Å²) in [7, 11) is 1.66. The zero-order valence-electron chi connectivity index (χ0n) is 18.9. The van der Waals surface area contributed by atoms with Gasteiger partial charge in [0.1, 0.15) is 12.1 Å². The lowest BCUT2D eigenvalue weighted by Crippen LogP contribution is -2.35. The van der Waals surface area contributed by atoms with E-state index in [2.05, 4.69) is 45.2 Å². The van der Waals surface area contributed by atoms with Gasteiger partial charge in [-0.05, 0) is 42.2 Å². The number of pyridine rings is 1. The van der Waals surface area contributed by atoms with Gasteiger partial charge in [-0.15, -0.1) is 0 Å². The maximum atomic E-state index is 6.15. The summed E-state index contributed by atoms with van der Waals surface area (Å²) in [6.07, 6.45) is 8.38. The topological polar surface area (TPSA) is 60.4 Å². The number of methoxy groups -OCH3 is 1. The summed E-state index contributed by atoms with van der Waals surface area (Å²) in [5.74, 6) is 2.86. The Bertz CT molecular complexity index is 1200. The van der Waals surface area contributed by atoms with Gasteiger partial charge in [-0.3, -0.25) is 4.98 Å². The molecule has 2 aromatic carbocycles. The first-order valence-corrected chi connectivity index (χ1v) is 11.5. The molecule has 33 heavy (non-hydrogen) atoms. The zero-order chi connectivity index (χ0) is 22.5. The van der Waals surface area contributed by atoms with Crippen molar-refractivity contribution < 1.29 is 9.47 Å². The van der Waals surface area contributed by atoms with Gasteiger partial charge in [0.15, 0.2) is 11.5 Å². The average molecular weight is 441 g/mol. The highest BCUT2D eigenvalue weighted by molar-refractivity contribution is 5.92. The summed E-state index contributed by atoms with van der Waals surface area (Å²) in [4.78, 5) is 15.7. The second-order valence-electron chi connectivity index (χ2n) is 8.37. The van der Waals surface area contributed by atoms with E-state index in [1.807, 2.05) is 24.3 Å². The largest absolute Gasteiger partial charge is 0.493 e. The van der Waals surface area contributed by atoms with Gasteiger partial charge >= 0.3 is 0 Å².